The van der Waals surface area contributed by atoms with Gasteiger partial charge in [0.05, 0.1) is 7.11 Å². The maximum atomic E-state index is 12.4. The van der Waals surface area contributed by atoms with Crippen molar-refractivity contribution in [3.8, 4) is 5.75 Å². The van der Waals surface area contributed by atoms with Crippen LogP contribution >= 0.6 is 0 Å². The molecule has 6 N–H and O–H groups in total. The Morgan fingerprint density at radius 1 is 1.12 bits per heavy atom. The molecule has 180 valence electrons. The number of hydrogen-bond acceptors (Lipinski definition) is 5. The summed E-state index contributed by atoms with van der Waals surface area (Å²) in [7, 11) is 1.66. The quantitative estimate of drug-likeness (QED) is 0.349. The summed E-state index contributed by atoms with van der Waals surface area (Å²) >= 11 is 0. The van der Waals surface area contributed by atoms with E-state index in [0.717, 1.165) is 49.1 Å². The summed E-state index contributed by atoms with van der Waals surface area (Å²) in [4.78, 5) is 34.1. The highest BCUT2D eigenvalue weighted by molar-refractivity contribution is 6.27. The molecule has 0 fully saturated rings. The zero-order valence-electron chi connectivity index (χ0n) is 19.0. The van der Waals surface area contributed by atoms with E-state index in [9.17, 15) is 4.79 Å². The topological polar surface area (TPSA) is 155 Å². The highest BCUT2D eigenvalue weighted by Gasteiger charge is 2.20. The molecule has 0 saturated heterocycles. The van der Waals surface area contributed by atoms with Crippen molar-refractivity contribution in [3.05, 3.63) is 59.3 Å². The van der Waals surface area contributed by atoms with Crippen LogP contribution in [0.25, 0.3) is 10.9 Å². The molecule has 1 atom stereocenters. The number of aliphatic carboxylic acids is 2. The number of carboxylic acid groups (broad SMARTS) is 2. The van der Waals surface area contributed by atoms with Crippen molar-refractivity contribution < 1.29 is 29.3 Å². The molecule has 9 nitrogen and oxygen atoms in total. The van der Waals surface area contributed by atoms with E-state index < -0.39 is 11.9 Å². The Kier molecular flexibility index (Phi) is 8.26. The largest absolute Gasteiger partial charge is 0.497 e. The number of hydrogen-bond donors (Lipinski definition) is 5. The van der Waals surface area contributed by atoms with Crippen molar-refractivity contribution in [1.82, 2.24) is 4.98 Å². The number of aryl methyl sites for hydroxylation is 2. The number of rotatable bonds is 6. The third-order valence-electron chi connectivity index (χ3n) is 5.72. The van der Waals surface area contributed by atoms with E-state index >= 15 is 0 Å². The van der Waals surface area contributed by atoms with E-state index in [0.29, 0.717) is 6.42 Å². The van der Waals surface area contributed by atoms with Gasteiger partial charge in [-0.05, 0) is 73.6 Å². The average Bonchev–Trinajstić information content (AvgIpc) is 3.17. The van der Waals surface area contributed by atoms with Gasteiger partial charge < -0.3 is 31.0 Å². The first-order chi connectivity index (χ1) is 16.3. The Morgan fingerprint density at radius 3 is 2.47 bits per heavy atom. The summed E-state index contributed by atoms with van der Waals surface area (Å²) in [6.45, 7) is 0. The number of H-pyrrole nitrogens is 1. The molecule has 0 bridgehead atoms. The zero-order valence-corrected chi connectivity index (χ0v) is 19.0. The van der Waals surface area contributed by atoms with Crippen LogP contribution in [0.4, 0.5) is 5.69 Å². The van der Waals surface area contributed by atoms with E-state index in [4.69, 9.17) is 30.3 Å². The molecule has 0 spiro atoms. The Labute approximate surface area is 196 Å². The molecular weight excluding hydrogens is 438 g/mol. The van der Waals surface area contributed by atoms with Crippen LogP contribution in [0, 0.1) is 0 Å². The molecule has 1 amide bonds. The lowest BCUT2D eigenvalue weighted by Gasteiger charge is -2.18. The van der Waals surface area contributed by atoms with Gasteiger partial charge in [-0.1, -0.05) is 12.1 Å². The van der Waals surface area contributed by atoms with Crippen LogP contribution in [-0.4, -0.2) is 46.2 Å². The van der Waals surface area contributed by atoms with Gasteiger partial charge in [-0.2, -0.15) is 0 Å². The van der Waals surface area contributed by atoms with Crippen LogP contribution in [0.3, 0.4) is 0 Å². The van der Waals surface area contributed by atoms with Gasteiger partial charge in [-0.15, -0.1) is 0 Å². The summed E-state index contributed by atoms with van der Waals surface area (Å²) in [6.07, 6.45) is 5.11. The second-order valence-electron chi connectivity index (χ2n) is 8.21. The first-order valence-electron chi connectivity index (χ1n) is 11.0. The third-order valence-corrected chi connectivity index (χ3v) is 5.72. The number of carboxylic acids is 2. The third kappa shape index (κ3) is 6.58. The highest BCUT2D eigenvalue weighted by atomic mass is 16.5. The molecule has 9 heteroatoms. The number of fused-ring (bicyclic) bond motifs is 3. The number of nitrogens with two attached hydrogens (primary N) is 1. The number of benzene rings is 2. The Balaban J connectivity index is 0.000000481. The minimum atomic E-state index is -1.82. The molecule has 1 heterocycles. The number of amides is 1. The Hall–Kier alpha value is -3.85. The first kappa shape index (κ1) is 24.8. The normalized spacial score (nSPS) is 14.5. The van der Waals surface area contributed by atoms with Crippen LogP contribution in [0.15, 0.2) is 42.5 Å². The van der Waals surface area contributed by atoms with Gasteiger partial charge in [-0.3, -0.25) is 4.79 Å². The van der Waals surface area contributed by atoms with Gasteiger partial charge in [0, 0.05) is 34.7 Å². The minimum Gasteiger partial charge on any atom is -0.497 e. The lowest BCUT2D eigenvalue weighted by atomic mass is 9.92. The number of aromatic nitrogens is 1. The number of aromatic amines is 1. The van der Waals surface area contributed by atoms with E-state index in [-0.39, 0.29) is 11.9 Å². The predicted molar refractivity (Wildman–Crippen MR) is 128 cm³/mol. The minimum absolute atomic E-state index is 0.0500. The Morgan fingerprint density at radius 2 is 1.82 bits per heavy atom. The fraction of sp³-hybridized carbons (Fsp3) is 0.320. The number of anilines is 1. The summed E-state index contributed by atoms with van der Waals surface area (Å²) in [5.74, 6) is -2.75. The lowest BCUT2D eigenvalue weighted by Crippen LogP contribution is -2.27. The van der Waals surface area contributed by atoms with Crippen molar-refractivity contribution >= 4 is 34.4 Å². The summed E-state index contributed by atoms with van der Waals surface area (Å²) in [5, 5.41) is 19.0. The molecule has 1 unspecified atom stereocenters. The highest BCUT2D eigenvalue weighted by Crippen LogP contribution is 2.30. The number of carbonyl (C=O) groups excluding carboxylic acids is 1. The first-order valence-corrected chi connectivity index (χ1v) is 11.0. The number of methoxy groups -OCH3 is 1. The standard InChI is InChI=1S/C23H27N3O2.C2H2O4/c1-28-18-9-5-15(6-10-18)3-2-4-23(27)25-17-8-12-22-20(14-17)19-13-16(24)7-11-21(19)26-22;3-1(4)2(5)6/h5-6,8-10,12,14,16,26H,2-4,7,11,13,24H2,1H3,(H,25,27);(H,3,4)(H,5,6). The van der Waals surface area contributed by atoms with E-state index in [1.165, 1.54) is 22.2 Å². The second kappa shape index (κ2) is 11.3. The van der Waals surface area contributed by atoms with Gasteiger partial charge >= 0.3 is 11.9 Å². The second-order valence-corrected chi connectivity index (χ2v) is 8.21. The fourth-order valence-corrected chi connectivity index (χ4v) is 3.99. The van der Waals surface area contributed by atoms with Gasteiger partial charge in [0.1, 0.15) is 5.75 Å². The molecule has 1 aliphatic carbocycles. The van der Waals surface area contributed by atoms with E-state index in [1.807, 2.05) is 36.4 Å². The van der Waals surface area contributed by atoms with E-state index in [1.54, 1.807) is 7.11 Å². The van der Waals surface area contributed by atoms with Crippen LogP contribution in [-0.2, 0) is 33.6 Å². The van der Waals surface area contributed by atoms with Gasteiger partial charge in [-0.25, -0.2) is 9.59 Å². The SMILES string of the molecule is COc1ccc(CCCC(=O)Nc2ccc3[nH]c4c(c3c2)CC(N)CC4)cc1.O=C(O)C(=O)O. The Bertz CT molecular complexity index is 1160. The average molecular weight is 468 g/mol. The van der Waals surface area contributed by atoms with E-state index in [2.05, 4.69) is 16.4 Å². The summed E-state index contributed by atoms with van der Waals surface area (Å²) in [5.41, 5.74) is 11.9. The summed E-state index contributed by atoms with van der Waals surface area (Å²) < 4.78 is 5.17. The molecule has 34 heavy (non-hydrogen) atoms. The molecule has 0 radical (unpaired) electrons. The maximum absolute atomic E-state index is 12.4. The van der Waals surface area contributed by atoms with Crippen molar-refractivity contribution in [1.29, 1.82) is 0 Å². The number of ether oxygens (including phenoxy) is 1. The van der Waals surface area contributed by atoms with Crippen molar-refractivity contribution in [2.24, 2.45) is 5.73 Å². The molecule has 2 aromatic carbocycles. The predicted octanol–water partition coefficient (Wildman–Crippen LogP) is 3.11. The van der Waals surface area contributed by atoms with Crippen LogP contribution in [0.1, 0.15) is 36.1 Å². The lowest BCUT2D eigenvalue weighted by molar-refractivity contribution is -0.159. The monoisotopic (exact) mass is 467 g/mol. The number of nitrogens with one attached hydrogen (secondary N) is 2. The molecule has 0 aliphatic heterocycles. The molecule has 3 aromatic rings. The zero-order chi connectivity index (χ0) is 24.7. The van der Waals surface area contributed by atoms with Crippen LogP contribution < -0.4 is 15.8 Å². The van der Waals surface area contributed by atoms with Gasteiger partial charge in [0.15, 0.2) is 0 Å². The van der Waals surface area contributed by atoms with Gasteiger partial charge in [0.2, 0.25) is 5.91 Å². The smallest absolute Gasteiger partial charge is 0.414 e. The molecule has 4 rings (SSSR count). The van der Waals surface area contributed by atoms with Crippen molar-refractivity contribution in [2.75, 3.05) is 12.4 Å². The fourth-order valence-electron chi connectivity index (χ4n) is 3.99. The number of carbonyl (C=O) groups is 3. The molecule has 1 aromatic heterocycles. The van der Waals surface area contributed by atoms with Crippen LogP contribution in [0.2, 0.25) is 0 Å². The molecule has 1 aliphatic rings. The maximum Gasteiger partial charge on any atom is 0.414 e. The molecular formula is C25H29N3O6. The molecule has 0 saturated carbocycles. The van der Waals surface area contributed by atoms with Gasteiger partial charge in [0.25, 0.3) is 0 Å². The summed E-state index contributed by atoms with van der Waals surface area (Å²) in [6, 6.07) is 14.3. The van der Waals surface area contributed by atoms with Crippen LogP contribution in [0.5, 0.6) is 5.75 Å². The van der Waals surface area contributed by atoms with Crippen molar-refractivity contribution in [2.45, 2.75) is 44.6 Å². The van der Waals surface area contributed by atoms with Crippen molar-refractivity contribution in [3.63, 3.8) is 0 Å².